The smallest absolute Gasteiger partial charge is 0.325 e. The third-order valence-corrected chi connectivity index (χ3v) is 4.59. The van der Waals surface area contributed by atoms with Gasteiger partial charge in [-0.25, -0.2) is 0 Å². The van der Waals surface area contributed by atoms with E-state index >= 15 is 0 Å². The van der Waals surface area contributed by atoms with Crippen LogP contribution in [0.1, 0.15) is 22.5 Å². The maximum absolute atomic E-state index is 12.6. The van der Waals surface area contributed by atoms with Crippen LogP contribution in [0.25, 0.3) is 11.8 Å². The number of amides is 1. The summed E-state index contributed by atoms with van der Waals surface area (Å²) in [5.41, 5.74) is 5.37. The minimum Gasteiger partial charge on any atom is -0.468 e. The van der Waals surface area contributed by atoms with E-state index in [1.54, 1.807) is 13.2 Å². The maximum Gasteiger partial charge on any atom is 0.325 e. The summed E-state index contributed by atoms with van der Waals surface area (Å²) in [5, 5.41) is 0. The number of methoxy groups -OCH3 is 2. The van der Waals surface area contributed by atoms with Gasteiger partial charge in [-0.2, -0.15) is 0 Å². The molecule has 1 aromatic heterocycles. The number of esters is 1. The quantitative estimate of drug-likeness (QED) is 0.518. The van der Waals surface area contributed by atoms with Crippen LogP contribution in [0.4, 0.5) is 0 Å². The summed E-state index contributed by atoms with van der Waals surface area (Å²) in [4.78, 5) is 25.5. The van der Waals surface area contributed by atoms with Crippen LogP contribution >= 0.6 is 0 Å². The van der Waals surface area contributed by atoms with Gasteiger partial charge in [-0.1, -0.05) is 17.7 Å². The normalized spacial score (nSPS) is 11.0. The summed E-state index contributed by atoms with van der Waals surface area (Å²) in [6.07, 6.45) is 3.27. The van der Waals surface area contributed by atoms with Crippen molar-refractivity contribution in [2.45, 2.75) is 20.8 Å². The van der Waals surface area contributed by atoms with Gasteiger partial charge < -0.3 is 18.9 Å². The highest BCUT2D eigenvalue weighted by atomic mass is 16.5. The van der Waals surface area contributed by atoms with Gasteiger partial charge in [0.05, 0.1) is 13.7 Å². The Morgan fingerprint density at radius 1 is 1.11 bits per heavy atom. The fraction of sp³-hybridized carbons (Fsp3) is 0.364. The molecule has 0 saturated carbocycles. The molecule has 1 heterocycles. The number of aryl methyl sites for hydroxylation is 2. The van der Waals surface area contributed by atoms with E-state index in [2.05, 4.69) is 40.5 Å². The van der Waals surface area contributed by atoms with Crippen LogP contribution in [0.2, 0.25) is 0 Å². The van der Waals surface area contributed by atoms with Gasteiger partial charge in [0.1, 0.15) is 6.54 Å². The van der Waals surface area contributed by atoms with Crippen molar-refractivity contribution in [2.24, 2.45) is 0 Å². The number of hydrogen-bond donors (Lipinski definition) is 0. The first kappa shape index (κ1) is 21.4. The van der Waals surface area contributed by atoms with E-state index in [4.69, 9.17) is 4.74 Å². The van der Waals surface area contributed by atoms with E-state index < -0.39 is 5.97 Å². The Balaban J connectivity index is 2.22. The van der Waals surface area contributed by atoms with Gasteiger partial charge in [0.15, 0.2) is 0 Å². The molecule has 0 fully saturated rings. The second-order valence-electron chi connectivity index (χ2n) is 6.66. The minimum atomic E-state index is -0.463. The molecular weight excluding hydrogens is 356 g/mol. The van der Waals surface area contributed by atoms with Crippen molar-refractivity contribution in [3.63, 3.8) is 0 Å². The van der Waals surface area contributed by atoms with Crippen molar-refractivity contribution in [3.8, 4) is 5.69 Å². The molecule has 0 aliphatic heterocycles. The molecule has 0 bridgehead atoms. The highest BCUT2D eigenvalue weighted by molar-refractivity contribution is 5.94. The average Bonchev–Trinajstić information content (AvgIpc) is 2.97. The predicted molar refractivity (Wildman–Crippen MR) is 109 cm³/mol. The minimum absolute atomic E-state index is 0.106. The Hall–Kier alpha value is -2.86. The van der Waals surface area contributed by atoms with Crippen molar-refractivity contribution in [2.75, 3.05) is 33.9 Å². The molecule has 1 amide bonds. The monoisotopic (exact) mass is 384 g/mol. The van der Waals surface area contributed by atoms with Crippen LogP contribution < -0.4 is 0 Å². The summed E-state index contributed by atoms with van der Waals surface area (Å²) in [6.45, 7) is 6.67. The number of nitrogens with zero attached hydrogens (tertiary/aromatic N) is 2. The average molecular weight is 384 g/mol. The Morgan fingerprint density at radius 2 is 1.79 bits per heavy atom. The molecule has 0 unspecified atom stereocenters. The van der Waals surface area contributed by atoms with Crippen LogP contribution in [0.5, 0.6) is 0 Å². The van der Waals surface area contributed by atoms with E-state index in [1.165, 1.54) is 23.6 Å². The van der Waals surface area contributed by atoms with Crippen LogP contribution in [0.3, 0.4) is 0 Å². The topological polar surface area (TPSA) is 60.8 Å². The number of aromatic nitrogens is 1. The van der Waals surface area contributed by atoms with Crippen molar-refractivity contribution < 1.29 is 19.1 Å². The summed E-state index contributed by atoms with van der Waals surface area (Å²) >= 11 is 0. The second kappa shape index (κ2) is 9.90. The molecule has 0 spiro atoms. The highest BCUT2D eigenvalue weighted by Crippen LogP contribution is 2.22. The van der Waals surface area contributed by atoms with E-state index in [0.717, 1.165) is 22.6 Å². The zero-order chi connectivity index (χ0) is 20.7. The summed E-state index contributed by atoms with van der Waals surface area (Å²) in [6, 6.07) is 10.4. The predicted octanol–water partition coefficient (Wildman–Crippen LogP) is 3.06. The van der Waals surface area contributed by atoms with E-state index in [1.807, 2.05) is 19.9 Å². The lowest BCUT2D eigenvalue weighted by molar-refractivity contribution is -0.145. The number of carbonyl (C=O) groups excluding carboxylic acids is 2. The fourth-order valence-electron chi connectivity index (χ4n) is 3.00. The molecule has 0 radical (unpaired) electrons. The molecule has 0 atom stereocenters. The largest absolute Gasteiger partial charge is 0.468 e. The highest BCUT2D eigenvalue weighted by Gasteiger charge is 2.16. The Labute approximate surface area is 166 Å². The van der Waals surface area contributed by atoms with Crippen molar-refractivity contribution >= 4 is 18.0 Å². The standard InChI is InChI=1S/C22H28N2O4/c1-16-6-9-20(10-7-16)24-17(2)14-19(18(24)3)8-11-21(25)23(12-13-27-4)15-22(26)28-5/h6-11,14H,12-13,15H2,1-5H3/b11-8+. The van der Waals surface area contributed by atoms with Crippen LogP contribution in [0, 0.1) is 20.8 Å². The van der Waals surface area contributed by atoms with Gasteiger partial charge in [-0.05, 0) is 50.6 Å². The molecule has 0 N–H and O–H groups in total. The third kappa shape index (κ3) is 5.33. The van der Waals surface area contributed by atoms with Gasteiger partial charge in [0, 0.05) is 36.8 Å². The molecular formula is C22H28N2O4. The molecule has 28 heavy (non-hydrogen) atoms. The summed E-state index contributed by atoms with van der Waals surface area (Å²) in [7, 11) is 2.85. The number of carbonyl (C=O) groups is 2. The maximum atomic E-state index is 12.6. The summed E-state index contributed by atoms with van der Waals surface area (Å²) < 4.78 is 11.8. The third-order valence-electron chi connectivity index (χ3n) is 4.59. The SMILES string of the molecule is COCCN(CC(=O)OC)C(=O)/C=C/c1cc(C)n(-c2ccc(C)cc2)c1C. The number of ether oxygens (including phenoxy) is 2. The number of rotatable bonds is 8. The van der Waals surface area contributed by atoms with Crippen LogP contribution in [-0.2, 0) is 19.1 Å². The van der Waals surface area contributed by atoms with Gasteiger partial charge in [-0.3, -0.25) is 9.59 Å². The van der Waals surface area contributed by atoms with Gasteiger partial charge in [0.25, 0.3) is 0 Å². The lowest BCUT2D eigenvalue weighted by Gasteiger charge is -2.19. The Kier molecular flexibility index (Phi) is 7.58. The first-order valence-electron chi connectivity index (χ1n) is 9.16. The molecule has 0 aliphatic rings. The number of hydrogen-bond acceptors (Lipinski definition) is 4. The Bertz CT molecular complexity index is 850. The lowest BCUT2D eigenvalue weighted by Crippen LogP contribution is -2.37. The van der Waals surface area contributed by atoms with Crippen molar-refractivity contribution in [1.29, 1.82) is 0 Å². The Morgan fingerprint density at radius 3 is 2.39 bits per heavy atom. The molecule has 150 valence electrons. The lowest BCUT2D eigenvalue weighted by atomic mass is 10.2. The molecule has 2 rings (SSSR count). The van der Waals surface area contributed by atoms with Crippen molar-refractivity contribution in [3.05, 3.63) is 58.9 Å². The van der Waals surface area contributed by atoms with Gasteiger partial charge in [-0.15, -0.1) is 0 Å². The first-order valence-corrected chi connectivity index (χ1v) is 9.16. The van der Waals surface area contributed by atoms with E-state index in [9.17, 15) is 9.59 Å². The molecule has 0 aliphatic carbocycles. The van der Waals surface area contributed by atoms with Gasteiger partial charge >= 0.3 is 5.97 Å². The zero-order valence-electron chi connectivity index (χ0n) is 17.2. The second-order valence-corrected chi connectivity index (χ2v) is 6.66. The first-order chi connectivity index (χ1) is 13.4. The van der Waals surface area contributed by atoms with Crippen molar-refractivity contribution in [1.82, 2.24) is 9.47 Å². The molecule has 6 nitrogen and oxygen atoms in total. The molecule has 1 aromatic carbocycles. The van der Waals surface area contributed by atoms with E-state index in [0.29, 0.717) is 13.2 Å². The number of benzene rings is 1. The van der Waals surface area contributed by atoms with Gasteiger partial charge in [0.2, 0.25) is 5.91 Å². The zero-order valence-corrected chi connectivity index (χ0v) is 17.2. The summed E-state index contributed by atoms with van der Waals surface area (Å²) in [5.74, 6) is -0.724. The molecule has 2 aromatic rings. The molecule has 6 heteroatoms. The van der Waals surface area contributed by atoms with Crippen LogP contribution in [-0.4, -0.2) is 55.3 Å². The van der Waals surface area contributed by atoms with E-state index in [-0.39, 0.29) is 12.5 Å². The molecule has 0 saturated heterocycles. The fourth-order valence-corrected chi connectivity index (χ4v) is 3.00. The van der Waals surface area contributed by atoms with Crippen LogP contribution in [0.15, 0.2) is 36.4 Å².